The van der Waals surface area contributed by atoms with Crippen molar-refractivity contribution in [3.8, 4) is 11.1 Å². The summed E-state index contributed by atoms with van der Waals surface area (Å²) in [5.41, 5.74) is 6.24. The van der Waals surface area contributed by atoms with E-state index in [1.54, 1.807) is 11.8 Å². The predicted molar refractivity (Wildman–Crippen MR) is 237 cm³/mol. The van der Waals surface area contributed by atoms with Crippen molar-refractivity contribution in [3.63, 3.8) is 0 Å². The van der Waals surface area contributed by atoms with Crippen LogP contribution in [-0.4, -0.2) is 77.8 Å². The van der Waals surface area contributed by atoms with Crippen LogP contribution in [0.25, 0.3) is 11.1 Å². The molecule has 0 radical (unpaired) electrons. The average molecular weight is 852 g/mol. The van der Waals surface area contributed by atoms with Crippen molar-refractivity contribution in [1.82, 2.24) is 16.0 Å². The zero-order chi connectivity index (χ0) is 43.7. The van der Waals surface area contributed by atoms with Crippen molar-refractivity contribution in [3.05, 3.63) is 95.1 Å². The lowest BCUT2D eigenvalue weighted by molar-refractivity contribution is -0.158. The van der Waals surface area contributed by atoms with Crippen molar-refractivity contribution in [2.75, 3.05) is 18.6 Å². The number of carboxylic acid groups (broad SMARTS) is 1. The normalized spacial score (nSPS) is 20.9. The molecule has 0 aromatic heterocycles. The lowest BCUT2D eigenvalue weighted by Crippen LogP contribution is -2.55. The van der Waals surface area contributed by atoms with E-state index in [0.29, 0.717) is 50.7 Å². The third kappa shape index (κ3) is 10.6. The second-order valence-corrected chi connectivity index (χ2v) is 18.5. The molecule has 61 heavy (non-hydrogen) atoms. The van der Waals surface area contributed by atoms with Gasteiger partial charge in [-0.1, -0.05) is 106 Å². The van der Waals surface area contributed by atoms with Crippen LogP contribution in [0.15, 0.2) is 72.8 Å². The number of esters is 1. The number of amides is 3. The van der Waals surface area contributed by atoms with Crippen LogP contribution >= 0.6 is 11.8 Å². The van der Waals surface area contributed by atoms with Gasteiger partial charge in [-0.2, -0.15) is 11.8 Å². The van der Waals surface area contributed by atoms with Gasteiger partial charge in [-0.05, 0) is 95.8 Å². The number of nitrogens with one attached hydrogen (secondary N) is 3. The molecule has 3 aromatic carbocycles. The summed E-state index contributed by atoms with van der Waals surface area (Å²) in [7, 11) is 0. The molecule has 1 saturated carbocycles. The topological polar surface area (TPSA) is 168 Å². The third-order valence-electron chi connectivity index (χ3n) is 13.2. The van der Waals surface area contributed by atoms with Gasteiger partial charge in [0.05, 0.1) is 17.9 Å². The zero-order valence-corrected chi connectivity index (χ0v) is 36.6. The van der Waals surface area contributed by atoms with E-state index >= 15 is 0 Å². The van der Waals surface area contributed by atoms with Gasteiger partial charge in [0, 0.05) is 24.2 Å². The van der Waals surface area contributed by atoms with Crippen LogP contribution in [0.4, 0.5) is 0 Å². The quantitative estimate of drug-likeness (QED) is 0.0474. The fraction of sp³-hybridized carbons (Fsp3) is 0.510. The van der Waals surface area contributed by atoms with E-state index in [1.807, 2.05) is 69.5 Å². The molecule has 12 heteroatoms. The molecule has 3 aliphatic carbocycles. The molecule has 11 nitrogen and oxygen atoms in total. The maximum atomic E-state index is 14.1. The number of hydrogen-bond acceptors (Lipinski definition) is 8. The van der Waals surface area contributed by atoms with Crippen LogP contribution in [0.3, 0.4) is 0 Å². The van der Waals surface area contributed by atoms with Gasteiger partial charge in [-0.3, -0.25) is 28.8 Å². The molecule has 7 atom stereocenters. The number of ether oxygens (including phenoxy) is 1. The van der Waals surface area contributed by atoms with E-state index in [2.05, 4.69) is 46.3 Å². The van der Waals surface area contributed by atoms with Gasteiger partial charge in [0.1, 0.15) is 18.7 Å². The molecule has 4 N–H and O–H groups in total. The van der Waals surface area contributed by atoms with Gasteiger partial charge in [0.25, 0.3) is 0 Å². The number of fused-ring (bicyclic) bond motifs is 5. The Balaban J connectivity index is 1.05. The number of aliphatic carboxylic acids is 1. The van der Waals surface area contributed by atoms with Crippen LogP contribution in [0.2, 0.25) is 0 Å². The minimum Gasteiger partial charge on any atom is -0.481 e. The fourth-order valence-electron chi connectivity index (χ4n) is 9.92. The van der Waals surface area contributed by atoms with Crippen molar-refractivity contribution < 1.29 is 38.6 Å². The van der Waals surface area contributed by atoms with Gasteiger partial charge in [-0.15, -0.1) is 0 Å². The molecule has 0 aliphatic heterocycles. The Morgan fingerprint density at radius 1 is 0.902 bits per heavy atom. The van der Waals surface area contributed by atoms with Crippen molar-refractivity contribution in [2.24, 2.45) is 23.7 Å². The van der Waals surface area contributed by atoms with Crippen molar-refractivity contribution >= 4 is 47.7 Å². The van der Waals surface area contributed by atoms with Crippen LogP contribution in [0.1, 0.15) is 107 Å². The van der Waals surface area contributed by atoms with E-state index in [4.69, 9.17) is 4.74 Å². The second kappa shape index (κ2) is 20.7. The molecule has 3 aromatic rings. The molecule has 1 spiro atoms. The Labute approximate surface area is 363 Å². The Kier molecular flexibility index (Phi) is 15.5. The molecule has 0 saturated heterocycles. The van der Waals surface area contributed by atoms with E-state index in [-0.39, 0.29) is 42.0 Å². The molecular weight excluding hydrogens is 791 g/mol. The van der Waals surface area contributed by atoms with Crippen molar-refractivity contribution in [1.29, 1.82) is 0 Å². The number of ketones is 1. The number of rotatable bonds is 22. The number of thioether (sulfide) groups is 1. The van der Waals surface area contributed by atoms with E-state index < -0.39 is 53.7 Å². The minimum absolute atomic E-state index is 0.0537. The number of benzene rings is 3. The Bertz CT molecular complexity index is 2030. The highest BCUT2D eigenvalue weighted by Crippen LogP contribution is 2.61. The molecule has 3 aliphatic rings. The first kappa shape index (κ1) is 45.6. The lowest BCUT2D eigenvalue weighted by Gasteiger charge is -2.25. The summed E-state index contributed by atoms with van der Waals surface area (Å²) in [6.45, 7) is 5.90. The summed E-state index contributed by atoms with van der Waals surface area (Å²) >= 11 is 1.56. The van der Waals surface area contributed by atoms with Gasteiger partial charge < -0.3 is 25.8 Å². The van der Waals surface area contributed by atoms with E-state index in [0.717, 1.165) is 52.6 Å². The summed E-state index contributed by atoms with van der Waals surface area (Å²) in [5.74, 6) is -3.17. The van der Waals surface area contributed by atoms with Crippen LogP contribution < -0.4 is 16.0 Å². The number of unbranched alkanes of at least 4 members (excludes halogenated alkanes) is 1. The monoisotopic (exact) mass is 851 g/mol. The summed E-state index contributed by atoms with van der Waals surface area (Å²) < 4.78 is 5.93. The van der Waals surface area contributed by atoms with Crippen molar-refractivity contribution in [2.45, 2.75) is 114 Å². The lowest BCUT2D eigenvalue weighted by atomic mass is 9.84. The Morgan fingerprint density at radius 2 is 1.57 bits per heavy atom. The molecule has 3 amide bonds. The predicted octanol–water partition coefficient (Wildman–Crippen LogP) is 6.99. The second-order valence-electron chi connectivity index (χ2n) is 17.5. The van der Waals surface area contributed by atoms with Crippen LogP contribution in [0.5, 0.6) is 0 Å². The van der Waals surface area contributed by atoms with Gasteiger partial charge >= 0.3 is 11.9 Å². The SMILES string of the molecule is CCC(C(=O)OCC1c2ccccc2-c2ccccc21)C(CCCCC1CC12CC(=O)C(NC(=O)C(CC(C)C)NC(=O)C(CCSC)NC=O)Cc1ccccc12)C(=O)O. The highest BCUT2D eigenvalue weighted by molar-refractivity contribution is 7.98. The first-order valence-electron chi connectivity index (χ1n) is 21.9. The molecule has 326 valence electrons. The fourth-order valence-corrected chi connectivity index (χ4v) is 10.4. The van der Waals surface area contributed by atoms with E-state index in [1.165, 1.54) is 0 Å². The third-order valence-corrected chi connectivity index (χ3v) is 13.8. The standard InChI is InChI=1S/C49H61N3O8S/c1-5-33(48(59)60-28-39-36-18-11-9-16-34(36)35-17-10-12-19-37(35)39)38(47(57)58)20-8-7-15-32-26-49(32)27-44(54)42(25-31-14-6-13-21-40(31)49)51-46(56)43(24-30(2)3)52-45(55)41(50-29-53)22-23-61-4/h6,9-14,16-19,21,29-30,32-33,38-39,41-43H,5,7-8,15,20,22-28H2,1-4H3,(H,50,53)(H,51,56)(H,52,55)(H,57,58). The maximum Gasteiger partial charge on any atom is 0.309 e. The maximum absolute atomic E-state index is 14.1. The molecule has 1 fully saturated rings. The first-order chi connectivity index (χ1) is 29.4. The highest BCUT2D eigenvalue weighted by Gasteiger charge is 2.58. The van der Waals surface area contributed by atoms with Gasteiger partial charge in [0.2, 0.25) is 18.2 Å². The number of carboxylic acids is 1. The first-order valence-corrected chi connectivity index (χ1v) is 23.3. The summed E-state index contributed by atoms with van der Waals surface area (Å²) in [6.07, 6.45) is 7.52. The summed E-state index contributed by atoms with van der Waals surface area (Å²) in [6, 6.07) is 21.9. The van der Waals surface area contributed by atoms with Gasteiger partial charge in [-0.25, -0.2) is 0 Å². The molecule has 6 rings (SSSR count). The Morgan fingerprint density at radius 3 is 2.21 bits per heavy atom. The largest absolute Gasteiger partial charge is 0.481 e. The number of carbonyl (C=O) groups is 6. The van der Waals surface area contributed by atoms with Crippen LogP contribution in [-0.2, 0) is 45.3 Å². The molecular formula is C49H61N3O8S. The molecule has 0 heterocycles. The zero-order valence-electron chi connectivity index (χ0n) is 35.8. The number of hydrogen-bond donors (Lipinski definition) is 4. The molecule has 0 bridgehead atoms. The average Bonchev–Trinajstić information content (AvgIpc) is 3.87. The molecule has 7 unspecified atom stereocenters. The Hall–Kier alpha value is -4.97. The van der Waals surface area contributed by atoms with Crippen LogP contribution in [0, 0.1) is 23.7 Å². The highest BCUT2D eigenvalue weighted by atomic mass is 32.2. The number of Topliss-reactive ketones (excluding diaryl/α,β-unsaturated/α-hetero) is 1. The summed E-state index contributed by atoms with van der Waals surface area (Å²) in [4.78, 5) is 78.5. The van der Waals surface area contributed by atoms with Gasteiger partial charge in [0.15, 0.2) is 5.78 Å². The minimum atomic E-state index is -0.997. The summed E-state index contributed by atoms with van der Waals surface area (Å²) in [5, 5.41) is 18.7. The van der Waals surface area contributed by atoms with E-state index in [9.17, 15) is 33.9 Å². The smallest absolute Gasteiger partial charge is 0.309 e. The number of carbonyl (C=O) groups excluding carboxylic acids is 5.